The predicted molar refractivity (Wildman–Crippen MR) is 61.5 cm³/mol. The largest absolute Gasteiger partial charge is 0.321 e. The Morgan fingerprint density at radius 1 is 1.07 bits per heavy atom. The number of carbonyl (C=O) groups is 2. The van der Waals surface area contributed by atoms with E-state index >= 15 is 0 Å². The van der Waals surface area contributed by atoms with Crippen LogP contribution in [0.1, 0.15) is 47.0 Å². The van der Waals surface area contributed by atoms with Gasteiger partial charge in [-0.15, -0.1) is 0 Å². The summed E-state index contributed by atoms with van der Waals surface area (Å²) in [5, 5.41) is 0. The van der Waals surface area contributed by atoms with Gasteiger partial charge >= 0.3 is 0 Å². The lowest BCUT2D eigenvalue weighted by Crippen LogP contribution is -2.33. The Hall–Kier alpha value is -0.700. The number of hydrogen-bond acceptors (Lipinski definition) is 3. The zero-order valence-corrected chi connectivity index (χ0v) is 10.2. The van der Waals surface area contributed by atoms with Gasteiger partial charge in [0.05, 0.1) is 6.04 Å². The summed E-state index contributed by atoms with van der Waals surface area (Å²) in [7, 11) is 0. The summed E-state index contributed by atoms with van der Waals surface area (Å²) in [5.41, 5.74) is 5.72. The third-order valence-corrected chi connectivity index (χ3v) is 2.52. The molecule has 88 valence electrons. The monoisotopic (exact) mass is 213 g/mol. The molecule has 0 aliphatic heterocycles. The van der Waals surface area contributed by atoms with E-state index in [1.165, 1.54) is 0 Å². The molecule has 0 bridgehead atoms. The van der Waals surface area contributed by atoms with E-state index in [2.05, 4.69) is 0 Å². The molecule has 0 amide bonds. The van der Waals surface area contributed by atoms with E-state index in [9.17, 15) is 9.59 Å². The van der Waals surface area contributed by atoms with E-state index in [4.69, 9.17) is 5.73 Å². The van der Waals surface area contributed by atoms with E-state index in [0.717, 1.165) is 6.42 Å². The van der Waals surface area contributed by atoms with Crippen molar-refractivity contribution in [3.63, 3.8) is 0 Å². The molecule has 0 aromatic rings. The fourth-order valence-corrected chi connectivity index (χ4v) is 1.36. The fourth-order valence-electron chi connectivity index (χ4n) is 1.36. The lowest BCUT2D eigenvalue weighted by Gasteiger charge is -2.12. The maximum absolute atomic E-state index is 11.4. The molecular formula is C12H23NO2. The first-order valence-electron chi connectivity index (χ1n) is 5.68. The minimum atomic E-state index is -0.398. The summed E-state index contributed by atoms with van der Waals surface area (Å²) in [6, 6.07) is -0.398. The van der Waals surface area contributed by atoms with Crippen molar-refractivity contribution in [3.05, 3.63) is 0 Å². The number of nitrogens with two attached hydrogens (primary N) is 1. The van der Waals surface area contributed by atoms with Crippen molar-refractivity contribution < 1.29 is 9.59 Å². The maximum atomic E-state index is 11.4. The zero-order valence-electron chi connectivity index (χ0n) is 10.2. The number of Topliss-reactive ketones (excluding diaryl/α,β-unsaturated/α-hetero) is 2. The van der Waals surface area contributed by atoms with Crippen LogP contribution in [0.4, 0.5) is 0 Å². The van der Waals surface area contributed by atoms with Crippen molar-refractivity contribution in [2.75, 3.05) is 0 Å². The minimum Gasteiger partial charge on any atom is -0.321 e. The van der Waals surface area contributed by atoms with Crippen molar-refractivity contribution in [1.29, 1.82) is 0 Å². The second-order valence-electron chi connectivity index (χ2n) is 4.68. The van der Waals surface area contributed by atoms with Crippen LogP contribution in [0.5, 0.6) is 0 Å². The molecule has 0 unspecified atom stereocenters. The Bertz CT molecular complexity index is 222. The van der Waals surface area contributed by atoms with Gasteiger partial charge in [0.15, 0.2) is 5.78 Å². The molecular weight excluding hydrogens is 190 g/mol. The van der Waals surface area contributed by atoms with E-state index in [0.29, 0.717) is 12.8 Å². The van der Waals surface area contributed by atoms with E-state index < -0.39 is 6.04 Å². The molecule has 0 heterocycles. The second-order valence-corrected chi connectivity index (χ2v) is 4.68. The van der Waals surface area contributed by atoms with Gasteiger partial charge in [0.25, 0.3) is 0 Å². The summed E-state index contributed by atoms with van der Waals surface area (Å²) < 4.78 is 0. The number of ketones is 2. The van der Waals surface area contributed by atoms with Crippen LogP contribution in [0, 0.1) is 11.8 Å². The van der Waals surface area contributed by atoms with Crippen molar-refractivity contribution >= 4 is 11.6 Å². The molecule has 2 N–H and O–H groups in total. The average Bonchev–Trinajstić information content (AvgIpc) is 2.15. The van der Waals surface area contributed by atoms with Crippen molar-refractivity contribution in [2.24, 2.45) is 17.6 Å². The topological polar surface area (TPSA) is 60.2 Å². The minimum absolute atomic E-state index is 0.0131. The van der Waals surface area contributed by atoms with Gasteiger partial charge in [-0.1, -0.05) is 27.7 Å². The molecule has 15 heavy (non-hydrogen) atoms. The normalized spacial score (nSPS) is 13.3. The van der Waals surface area contributed by atoms with Crippen LogP contribution in [-0.4, -0.2) is 17.6 Å². The van der Waals surface area contributed by atoms with E-state index in [1.807, 2.05) is 27.7 Å². The van der Waals surface area contributed by atoms with Crippen LogP contribution < -0.4 is 5.73 Å². The van der Waals surface area contributed by atoms with Gasteiger partial charge < -0.3 is 5.73 Å². The van der Waals surface area contributed by atoms with Crippen molar-refractivity contribution in [2.45, 2.75) is 53.0 Å². The molecule has 0 fully saturated rings. The van der Waals surface area contributed by atoms with E-state index in [1.54, 1.807) is 0 Å². The molecule has 0 saturated carbocycles. The van der Waals surface area contributed by atoms with Gasteiger partial charge in [0.2, 0.25) is 0 Å². The highest BCUT2D eigenvalue weighted by Crippen LogP contribution is 2.08. The van der Waals surface area contributed by atoms with Gasteiger partial charge in [0.1, 0.15) is 5.78 Å². The third kappa shape index (κ3) is 5.67. The molecule has 1 atom stereocenters. The van der Waals surface area contributed by atoms with Crippen LogP contribution in [0.25, 0.3) is 0 Å². The molecule has 0 aromatic carbocycles. The van der Waals surface area contributed by atoms with Crippen LogP contribution in [0.3, 0.4) is 0 Å². The molecule has 3 nitrogen and oxygen atoms in total. The second kappa shape index (κ2) is 6.72. The first-order valence-corrected chi connectivity index (χ1v) is 5.68. The zero-order chi connectivity index (χ0) is 12.0. The Kier molecular flexibility index (Phi) is 6.41. The predicted octanol–water partition coefficient (Wildman–Crippen LogP) is 1.93. The Labute approximate surface area is 92.4 Å². The standard InChI is InChI=1S/C12H23NO2/c1-8(2)11(14)7-5-6-10(13)12(15)9(3)4/h8-10H,5-7,13H2,1-4H3/t10-/m0/s1. The van der Waals surface area contributed by atoms with Gasteiger partial charge in [-0.2, -0.15) is 0 Å². The molecule has 0 saturated heterocycles. The van der Waals surface area contributed by atoms with Gasteiger partial charge in [-0.3, -0.25) is 9.59 Å². The van der Waals surface area contributed by atoms with Gasteiger partial charge in [0, 0.05) is 18.3 Å². The highest BCUT2D eigenvalue weighted by Gasteiger charge is 2.17. The quantitative estimate of drug-likeness (QED) is 0.703. The summed E-state index contributed by atoms with van der Waals surface area (Å²) in [6.45, 7) is 7.48. The summed E-state index contributed by atoms with van der Waals surface area (Å²) in [5.74, 6) is 0.411. The van der Waals surface area contributed by atoms with Gasteiger partial charge in [-0.25, -0.2) is 0 Å². The van der Waals surface area contributed by atoms with Crippen LogP contribution in [0.15, 0.2) is 0 Å². The first-order chi connectivity index (χ1) is 6.86. The molecule has 0 rings (SSSR count). The Balaban J connectivity index is 3.78. The Morgan fingerprint density at radius 2 is 1.60 bits per heavy atom. The van der Waals surface area contributed by atoms with Crippen LogP contribution in [0.2, 0.25) is 0 Å². The lowest BCUT2D eigenvalue weighted by atomic mass is 9.96. The maximum Gasteiger partial charge on any atom is 0.152 e. The summed E-state index contributed by atoms with van der Waals surface area (Å²) >= 11 is 0. The Morgan fingerprint density at radius 3 is 2.00 bits per heavy atom. The highest BCUT2D eigenvalue weighted by molar-refractivity contribution is 5.85. The number of hydrogen-bond donors (Lipinski definition) is 1. The average molecular weight is 213 g/mol. The molecule has 0 aliphatic rings. The van der Waals surface area contributed by atoms with Gasteiger partial charge in [-0.05, 0) is 12.8 Å². The smallest absolute Gasteiger partial charge is 0.152 e. The third-order valence-electron chi connectivity index (χ3n) is 2.52. The van der Waals surface area contributed by atoms with Crippen molar-refractivity contribution in [3.8, 4) is 0 Å². The van der Waals surface area contributed by atoms with Crippen molar-refractivity contribution in [1.82, 2.24) is 0 Å². The lowest BCUT2D eigenvalue weighted by molar-refractivity contribution is -0.124. The number of rotatable bonds is 7. The fraction of sp³-hybridized carbons (Fsp3) is 0.833. The van der Waals surface area contributed by atoms with E-state index in [-0.39, 0.29) is 23.4 Å². The molecule has 0 aromatic heterocycles. The van der Waals surface area contributed by atoms with Crippen LogP contribution >= 0.6 is 0 Å². The van der Waals surface area contributed by atoms with Crippen LogP contribution in [-0.2, 0) is 9.59 Å². The number of carbonyl (C=O) groups excluding carboxylic acids is 2. The SMILES string of the molecule is CC(C)C(=O)CCC[C@H](N)C(=O)C(C)C. The molecule has 0 spiro atoms. The summed E-state index contributed by atoms with van der Waals surface area (Å²) in [4.78, 5) is 22.7. The summed E-state index contributed by atoms with van der Waals surface area (Å²) in [6.07, 6.45) is 1.88. The molecule has 0 aliphatic carbocycles. The molecule has 3 heteroatoms. The first kappa shape index (κ1) is 14.3. The molecule has 0 radical (unpaired) electrons. The highest BCUT2D eigenvalue weighted by atomic mass is 16.1.